The summed E-state index contributed by atoms with van der Waals surface area (Å²) in [5.41, 5.74) is 1.52. The van der Waals surface area contributed by atoms with Gasteiger partial charge >= 0.3 is 0 Å². The van der Waals surface area contributed by atoms with E-state index in [9.17, 15) is 4.79 Å². The van der Waals surface area contributed by atoms with Gasteiger partial charge in [-0.1, -0.05) is 13.3 Å². The number of rotatable bonds is 4. The van der Waals surface area contributed by atoms with E-state index in [1.165, 1.54) is 17.8 Å². The molecule has 5 nitrogen and oxygen atoms in total. The lowest BCUT2D eigenvalue weighted by molar-refractivity contribution is 0.814. The third-order valence-electron chi connectivity index (χ3n) is 2.37. The zero-order chi connectivity index (χ0) is 13.8. The molecule has 0 atom stereocenters. The summed E-state index contributed by atoms with van der Waals surface area (Å²) in [6.07, 6.45) is 3.37. The molecule has 7 heteroatoms. The summed E-state index contributed by atoms with van der Waals surface area (Å²) in [7, 11) is 0. The van der Waals surface area contributed by atoms with Gasteiger partial charge in [0.15, 0.2) is 5.16 Å². The van der Waals surface area contributed by atoms with Gasteiger partial charge in [-0.2, -0.15) is 0 Å². The van der Waals surface area contributed by atoms with E-state index in [2.05, 4.69) is 19.9 Å². The predicted molar refractivity (Wildman–Crippen MR) is 74.8 cm³/mol. The first-order valence-electron chi connectivity index (χ1n) is 5.85. The molecule has 0 radical (unpaired) electrons. The van der Waals surface area contributed by atoms with Crippen molar-refractivity contribution in [2.75, 3.05) is 0 Å². The van der Waals surface area contributed by atoms with Crippen molar-refractivity contribution in [3.8, 4) is 0 Å². The minimum atomic E-state index is -0.154. The first-order valence-corrected chi connectivity index (χ1v) is 7.05. The van der Waals surface area contributed by atoms with Gasteiger partial charge in [0.2, 0.25) is 5.28 Å². The fourth-order valence-corrected chi connectivity index (χ4v) is 2.54. The highest BCUT2D eigenvalue weighted by Crippen LogP contribution is 2.25. The van der Waals surface area contributed by atoms with Crippen LogP contribution in [0.1, 0.15) is 24.6 Å². The summed E-state index contributed by atoms with van der Waals surface area (Å²) in [6.45, 7) is 3.93. The van der Waals surface area contributed by atoms with Gasteiger partial charge in [-0.05, 0) is 36.7 Å². The van der Waals surface area contributed by atoms with Crippen molar-refractivity contribution in [1.82, 2.24) is 19.9 Å². The van der Waals surface area contributed by atoms with Crippen LogP contribution >= 0.6 is 23.4 Å². The van der Waals surface area contributed by atoms with E-state index in [-0.39, 0.29) is 10.8 Å². The van der Waals surface area contributed by atoms with Gasteiger partial charge < -0.3 is 4.98 Å². The summed E-state index contributed by atoms with van der Waals surface area (Å²) in [6, 6.07) is 1.52. The number of aromatic nitrogens is 4. The van der Waals surface area contributed by atoms with Crippen LogP contribution in [0, 0.1) is 6.92 Å². The molecular weight excluding hydrogens is 284 g/mol. The Morgan fingerprint density at radius 3 is 2.95 bits per heavy atom. The lowest BCUT2D eigenvalue weighted by Gasteiger charge is -2.05. The molecule has 1 N–H and O–H groups in total. The molecular formula is C12H13ClN4OS. The third kappa shape index (κ3) is 3.78. The van der Waals surface area contributed by atoms with E-state index in [1.807, 2.05) is 13.8 Å². The fraction of sp³-hybridized carbons (Fsp3) is 0.333. The number of hydrogen-bond acceptors (Lipinski definition) is 5. The van der Waals surface area contributed by atoms with Crippen molar-refractivity contribution in [2.24, 2.45) is 0 Å². The van der Waals surface area contributed by atoms with Gasteiger partial charge in [0.25, 0.3) is 5.56 Å². The SMILES string of the molecule is CCCc1cc(=O)[nH]c(Sc2nc(Cl)ncc2C)n1. The molecule has 0 unspecified atom stereocenters. The van der Waals surface area contributed by atoms with Crippen molar-refractivity contribution >= 4 is 23.4 Å². The summed E-state index contributed by atoms with van der Waals surface area (Å²) in [5, 5.41) is 1.39. The Bertz CT molecular complexity index is 644. The highest BCUT2D eigenvalue weighted by Gasteiger charge is 2.08. The van der Waals surface area contributed by atoms with Gasteiger partial charge in [-0.25, -0.2) is 15.0 Å². The number of hydrogen-bond donors (Lipinski definition) is 1. The molecule has 0 aliphatic rings. The topological polar surface area (TPSA) is 71.5 Å². The number of H-pyrrole nitrogens is 1. The maximum atomic E-state index is 11.6. The standard InChI is InChI=1S/C12H13ClN4OS/c1-3-4-8-5-9(18)16-12(15-8)19-10-7(2)6-14-11(13)17-10/h5-6H,3-4H2,1-2H3,(H,15,16,18). The molecule has 19 heavy (non-hydrogen) atoms. The quantitative estimate of drug-likeness (QED) is 0.693. The summed E-state index contributed by atoms with van der Waals surface area (Å²) in [5.74, 6) is 0. The second-order valence-corrected chi connectivity index (χ2v) is 5.34. The number of nitrogens with one attached hydrogen (secondary N) is 1. The van der Waals surface area contributed by atoms with Crippen molar-refractivity contribution in [2.45, 2.75) is 36.9 Å². The van der Waals surface area contributed by atoms with E-state index >= 15 is 0 Å². The van der Waals surface area contributed by atoms with Crippen LogP contribution in [-0.2, 0) is 6.42 Å². The van der Waals surface area contributed by atoms with Crippen LogP contribution in [0.25, 0.3) is 0 Å². The van der Waals surface area contributed by atoms with E-state index in [0.717, 1.165) is 24.1 Å². The Balaban J connectivity index is 2.32. The van der Waals surface area contributed by atoms with Gasteiger partial charge in [0, 0.05) is 23.5 Å². The van der Waals surface area contributed by atoms with E-state index in [4.69, 9.17) is 11.6 Å². The van der Waals surface area contributed by atoms with Crippen LogP contribution in [0.5, 0.6) is 0 Å². The van der Waals surface area contributed by atoms with Crippen LogP contribution in [0.3, 0.4) is 0 Å². The Labute approximate surface area is 119 Å². The van der Waals surface area contributed by atoms with Crippen molar-refractivity contribution < 1.29 is 0 Å². The Morgan fingerprint density at radius 2 is 2.21 bits per heavy atom. The molecule has 0 aliphatic heterocycles. The molecule has 0 aliphatic carbocycles. The summed E-state index contributed by atoms with van der Waals surface area (Å²) < 4.78 is 0. The molecule has 0 spiro atoms. The minimum Gasteiger partial charge on any atom is -0.301 e. The number of aryl methyl sites for hydroxylation is 2. The zero-order valence-corrected chi connectivity index (χ0v) is 12.2. The number of halogens is 1. The molecule has 0 fully saturated rings. The van der Waals surface area contributed by atoms with Gasteiger partial charge in [0.1, 0.15) is 5.03 Å². The largest absolute Gasteiger partial charge is 0.301 e. The van der Waals surface area contributed by atoms with Crippen LogP contribution in [0.15, 0.2) is 27.2 Å². The van der Waals surface area contributed by atoms with Crippen LogP contribution in [0.4, 0.5) is 0 Å². The number of aromatic amines is 1. The molecule has 2 rings (SSSR count). The Hall–Kier alpha value is -1.40. The minimum absolute atomic E-state index is 0.154. The average Bonchev–Trinajstić information content (AvgIpc) is 2.33. The Morgan fingerprint density at radius 1 is 1.42 bits per heavy atom. The molecule has 2 heterocycles. The van der Waals surface area contributed by atoms with Crippen molar-refractivity contribution in [1.29, 1.82) is 0 Å². The predicted octanol–water partition coefficient (Wildman–Crippen LogP) is 2.63. The summed E-state index contributed by atoms with van der Waals surface area (Å²) >= 11 is 7.05. The molecule has 2 aromatic rings. The lowest BCUT2D eigenvalue weighted by Crippen LogP contribution is -2.10. The third-order valence-corrected chi connectivity index (χ3v) is 3.54. The maximum absolute atomic E-state index is 11.6. The highest BCUT2D eigenvalue weighted by atomic mass is 35.5. The molecule has 0 saturated heterocycles. The normalized spacial score (nSPS) is 10.7. The number of nitrogens with zero attached hydrogens (tertiary/aromatic N) is 3. The maximum Gasteiger partial charge on any atom is 0.251 e. The molecule has 0 bridgehead atoms. The molecule has 0 saturated carbocycles. The second kappa shape index (κ2) is 6.16. The van der Waals surface area contributed by atoms with Gasteiger partial charge in [0.05, 0.1) is 0 Å². The molecule has 0 amide bonds. The molecule has 2 aromatic heterocycles. The lowest BCUT2D eigenvalue weighted by atomic mass is 10.2. The van der Waals surface area contributed by atoms with Crippen LogP contribution < -0.4 is 5.56 Å². The highest BCUT2D eigenvalue weighted by molar-refractivity contribution is 7.99. The molecule has 100 valence electrons. The van der Waals surface area contributed by atoms with Gasteiger partial charge in [-0.15, -0.1) is 0 Å². The first-order chi connectivity index (χ1) is 9.08. The van der Waals surface area contributed by atoms with Crippen LogP contribution in [0.2, 0.25) is 5.28 Å². The fourth-order valence-electron chi connectivity index (χ4n) is 1.52. The van der Waals surface area contributed by atoms with Crippen LogP contribution in [-0.4, -0.2) is 19.9 Å². The van der Waals surface area contributed by atoms with E-state index in [1.54, 1.807) is 6.20 Å². The van der Waals surface area contributed by atoms with E-state index < -0.39 is 0 Å². The average molecular weight is 297 g/mol. The van der Waals surface area contributed by atoms with E-state index in [0.29, 0.717) is 10.2 Å². The monoisotopic (exact) mass is 296 g/mol. The van der Waals surface area contributed by atoms with Gasteiger partial charge in [-0.3, -0.25) is 4.79 Å². The van der Waals surface area contributed by atoms with Crippen molar-refractivity contribution in [3.05, 3.63) is 39.2 Å². The zero-order valence-electron chi connectivity index (χ0n) is 10.6. The molecule has 0 aromatic carbocycles. The second-order valence-electron chi connectivity index (χ2n) is 4.02. The first kappa shape index (κ1) is 14.0. The van der Waals surface area contributed by atoms with Crippen molar-refractivity contribution in [3.63, 3.8) is 0 Å². The smallest absolute Gasteiger partial charge is 0.251 e. The summed E-state index contributed by atoms with van der Waals surface area (Å²) in [4.78, 5) is 26.7. The Kier molecular flexibility index (Phi) is 4.55.